The molecule has 20 heavy (non-hydrogen) atoms. The SMILES string of the molecule is CNC(Cc1cc(C)ccc1C)c1ccc(COC)o1. The minimum Gasteiger partial charge on any atom is -0.462 e. The van der Waals surface area contributed by atoms with Crippen LogP contribution in [-0.2, 0) is 17.8 Å². The Labute approximate surface area is 121 Å². The van der Waals surface area contributed by atoms with E-state index in [9.17, 15) is 0 Å². The van der Waals surface area contributed by atoms with Gasteiger partial charge in [-0.3, -0.25) is 0 Å². The zero-order valence-electron chi connectivity index (χ0n) is 12.7. The summed E-state index contributed by atoms with van der Waals surface area (Å²) in [5, 5.41) is 3.33. The van der Waals surface area contributed by atoms with E-state index in [4.69, 9.17) is 9.15 Å². The standard InChI is InChI=1S/C17H23NO2/c1-12-5-6-13(2)14(9-12)10-16(18-3)17-8-7-15(20-17)11-19-4/h5-9,16,18H,10-11H2,1-4H3. The zero-order chi connectivity index (χ0) is 14.5. The van der Waals surface area contributed by atoms with Gasteiger partial charge in [-0.05, 0) is 50.6 Å². The van der Waals surface area contributed by atoms with E-state index in [0.29, 0.717) is 6.61 Å². The largest absolute Gasteiger partial charge is 0.462 e. The number of aryl methyl sites for hydroxylation is 2. The number of methoxy groups -OCH3 is 1. The molecule has 2 rings (SSSR count). The van der Waals surface area contributed by atoms with Crippen molar-refractivity contribution in [3.8, 4) is 0 Å². The summed E-state index contributed by atoms with van der Waals surface area (Å²) in [7, 11) is 3.64. The van der Waals surface area contributed by atoms with Crippen molar-refractivity contribution in [2.24, 2.45) is 0 Å². The predicted octanol–water partition coefficient (Wildman–Crippen LogP) is 3.55. The molecular weight excluding hydrogens is 250 g/mol. The Balaban J connectivity index is 2.17. The fraction of sp³-hybridized carbons (Fsp3) is 0.412. The van der Waals surface area contributed by atoms with E-state index in [-0.39, 0.29) is 6.04 Å². The topological polar surface area (TPSA) is 34.4 Å². The third-order valence-corrected chi connectivity index (χ3v) is 3.59. The molecule has 0 spiro atoms. The van der Waals surface area contributed by atoms with Crippen LogP contribution in [0.15, 0.2) is 34.7 Å². The molecule has 0 amide bonds. The van der Waals surface area contributed by atoms with E-state index in [1.54, 1.807) is 7.11 Å². The molecule has 3 nitrogen and oxygen atoms in total. The van der Waals surface area contributed by atoms with Crippen molar-refractivity contribution in [2.45, 2.75) is 32.9 Å². The molecule has 0 aliphatic heterocycles. The van der Waals surface area contributed by atoms with Gasteiger partial charge in [0.15, 0.2) is 0 Å². The minimum absolute atomic E-state index is 0.182. The summed E-state index contributed by atoms with van der Waals surface area (Å²) in [5.41, 5.74) is 3.97. The van der Waals surface area contributed by atoms with Crippen LogP contribution in [0.25, 0.3) is 0 Å². The van der Waals surface area contributed by atoms with Crippen molar-refractivity contribution in [3.63, 3.8) is 0 Å². The fourth-order valence-electron chi connectivity index (χ4n) is 2.39. The number of nitrogens with one attached hydrogen (secondary N) is 1. The maximum absolute atomic E-state index is 5.83. The van der Waals surface area contributed by atoms with E-state index in [2.05, 4.69) is 37.4 Å². The van der Waals surface area contributed by atoms with E-state index in [1.165, 1.54) is 16.7 Å². The van der Waals surface area contributed by atoms with Crippen LogP contribution in [-0.4, -0.2) is 14.2 Å². The van der Waals surface area contributed by atoms with E-state index >= 15 is 0 Å². The smallest absolute Gasteiger partial charge is 0.129 e. The second kappa shape index (κ2) is 6.73. The van der Waals surface area contributed by atoms with Gasteiger partial charge in [0.2, 0.25) is 0 Å². The zero-order valence-corrected chi connectivity index (χ0v) is 12.7. The van der Waals surface area contributed by atoms with Crippen LogP contribution in [0.1, 0.15) is 34.3 Å². The Kier molecular flexibility index (Phi) is 4.99. The predicted molar refractivity (Wildman–Crippen MR) is 80.8 cm³/mol. The molecular formula is C17H23NO2. The van der Waals surface area contributed by atoms with Crippen molar-refractivity contribution in [1.29, 1.82) is 0 Å². The van der Waals surface area contributed by atoms with Crippen molar-refractivity contribution in [3.05, 3.63) is 58.5 Å². The third kappa shape index (κ3) is 3.50. The van der Waals surface area contributed by atoms with Gasteiger partial charge >= 0.3 is 0 Å². The Bertz CT molecular complexity index is 560. The molecule has 1 unspecified atom stereocenters. The first-order valence-corrected chi connectivity index (χ1v) is 6.95. The average molecular weight is 273 g/mol. The second-order valence-corrected chi connectivity index (χ2v) is 5.21. The van der Waals surface area contributed by atoms with Crippen LogP contribution in [0.3, 0.4) is 0 Å². The number of hydrogen-bond donors (Lipinski definition) is 1. The van der Waals surface area contributed by atoms with Gasteiger partial charge in [-0.15, -0.1) is 0 Å². The van der Waals surface area contributed by atoms with Gasteiger partial charge in [-0.1, -0.05) is 23.8 Å². The lowest BCUT2D eigenvalue weighted by Gasteiger charge is -2.16. The summed E-state index contributed by atoms with van der Waals surface area (Å²) in [5.74, 6) is 1.82. The van der Waals surface area contributed by atoms with Crippen LogP contribution in [0.2, 0.25) is 0 Å². The highest BCUT2D eigenvalue weighted by Gasteiger charge is 2.15. The molecule has 108 valence electrons. The molecule has 2 aromatic rings. The minimum atomic E-state index is 0.182. The van der Waals surface area contributed by atoms with Gasteiger partial charge < -0.3 is 14.5 Å². The highest BCUT2D eigenvalue weighted by Crippen LogP contribution is 2.23. The Hall–Kier alpha value is -1.58. The normalized spacial score (nSPS) is 12.6. The van der Waals surface area contributed by atoms with Crippen molar-refractivity contribution < 1.29 is 9.15 Å². The highest BCUT2D eigenvalue weighted by atomic mass is 16.5. The van der Waals surface area contributed by atoms with E-state index < -0.39 is 0 Å². The summed E-state index contributed by atoms with van der Waals surface area (Å²) in [4.78, 5) is 0. The third-order valence-electron chi connectivity index (χ3n) is 3.59. The lowest BCUT2D eigenvalue weighted by molar-refractivity contribution is 0.161. The molecule has 0 fully saturated rings. The molecule has 1 atom stereocenters. The number of rotatable bonds is 6. The van der Waals surface area contributed by atoms with Crippen LogP contribution >= 0.6 is 0 Å². The van der Waals surface area contributed by atoms with Crippen molar-refractivity contribution in [2.75, 3.05) is 14.2 Å². The molecule has 1 aromatic heterocycles. The maximum Gasteiger partial charge on any atom is 0.129 e. The lowest BCUT2D eigenvalue weighted by Crippen LogP contribution is -2.18. The number of hydrogen-bond acceptors (Lipinski definition) is 3. The first kappa shape index (κ1) is 14.8. The number of benzene rings is 1. The molecule has 0 radical (unpaired) electrons. The van der Waals surface area contributed by atoms with Gasteiger partial charge in [-0.25, -0.2) is 0 Å². The highest BCUT2D eigenvalue weighted by molar-refractivity contribution is 5.31. The van der Waals surface area contributed by atoms with Gasteiger partial charge in [-0.2, -0.15) is 0 Å². The Morgan fingerprint density at radius 1 is 1.20 bits per heavy atom. The molecule has 3 heteroatoms. The van der Waals surface area contributed by atoms with Gasteiger partial charge in [0.1, 0.15) is 18.1 Å². The second-order valence-electron chi connectivity index (χ2n) is 5.21. The summed E-state index contributed by atoms with van der Waals surface area (Å²) in [6.07, 6.45) is 0.921. The average Bonchev–Trinajstić information content (AvgIpc) is 2.88. The molecule has 0 saturated heterocycles. The van der Waals surface area contributed by atoms with Crippen molar-refractivity contribution >= 4 is 0 Å². The molecule has 1 aromatic carbocycles. The van der Waals surface area contributed by atoms with Gasteiger partial charge in [0.25, 0.3) is 0 Å². The molecule has 0 aliphatic carbocycles. The quantitative estimate of drug-likeness (QED) is 0.874. The Morgan fingerprint density at radius 3 is 2.70 bits per heavy atom. The Morgan fingerprint density at radius 2 is 2.00 bits per heavy atom. The molecule has 1 N–H and O–H groups in total. The summed E-state index contributed by atoms with van der Waals surface area (Å²) >= 11 is 0. The summed E-state index contributed by atoms with van der Waals surface area (Å²) < 4.78 is 10.9. The van der Waals surface area contributed by atoms with Crippen LogP contribution in [0.5, 0.6) is 0 Å². The molecule has 0 aliphatic rings. The van der Waals surface area contributed by atoms with Crippen LogP contribution in [0, 0.1) is 13.8 Å². The van der Waals surface area contributed by atoms with E-state index in [1.807, 2.05) is 19.2 Å². The van der Waals surface area contributed by atoms with Crippen molar-refractivity contribution in [1.82, 2.24) is 5.32 Å². The summed E-state index contributed by atoms with van der Waals surface area (Å²) in [6, 6.07) is 10.8. The molecule has 0 bridgehead atoms. The van der Waals surface area contributed by atoms with Gasteiger partial charge in [0.05, 0.1) is 6.04 Å². The lowest BCUT2D eigenvalue weighted by atomic mass is 9.98. The van der Waals surface area contributed by atoms with Crippen LogP contribution in [0.4, 0.5) is 0 Å². The van der Waals surface area contributed by atoms with Crippen LogP contribution < -0.4 is 5.32 Å². The molecule has 0 saturated carbocycles. The van der Waals surface area contributed by atoms with E-state index in [0.717, 1.165) is 17.9 Å². The first-order valence-electron chi connectivity index (χ1n) is 6.95. The number of ether oxygens (including phenoxy) is 1. The fourth-order valence-corrected chi connectivity index (χ4v) is 2.39. The maximum atomic E-state index is 5.83. The monoisotopic (exact) mass is 273 g/mol. The van der Waals surface area contributed by atoms with Gasteiger partial charge in [0, 0.05) is 7.11 Å². The summed E-state index contributed by atoms with van der Waals surface area (Å²) in [6.45, 7) is 4.79. The number of likely N-dealkylation sites (N-methyl/N-ethyl adjacent to an activating group) is 1. The number of furan rings is 1. The molecule has 1 heterocycles. The first-order chi connectivity index (χ1) is 9.63.